The predicted octanol–water partition coefficient (Wildman–Crippen LogP) is 1.94. The van der Waals surface area contributed by atoms with Crippen LogP contribution >= 0.6 is 0 Å². The van der Waals surface area contributed by atoms with Crippen molar-refractivity contribution in [2.45, 2.75) is 24.4 Å². The maximum absolute atomic E-state index is 11.9. The standard InChI is InChI=1S/C16H20N2O4S/c1-17-23(20,21)15-11-10-14(22-15)16(19)18-12-6-5-9-13-7-3-2-4-8-13/h2-4,7-8,10-11,17H,5-6,9,12H2,1H3,(H,18,19). The first-order chi connectivity index (χ1) is 11.0. The van der Waals surface area contributed by atoms with Crippen LogP contribution in [0.25, 0.3) is 0 Å². The summed E-state index contributed by atoms with van der Waals surface area (Å²) in [6, 6.07) is 12.8. The van der Waals surface area contributed by atoms with Gasteiger partial charge in [0.05, 0.1) is 0 Å². The number of carbonyl (C=O) groups is 1. The number of amides is 1. The van der Waals surface area contributed by atoms with Gasteiger partial charge < -0.3 is 9.73 Å². The fourth-order valence-corrected chi connectivity index (χ4v) is 2.72. The van der Waals surface area contributed by atoms with Gasteiger partial charge in [-0.1, -0.05) is 30.3 Å². The molecule has 0 aliphatic carbocycles. The molecule has 2 rings (SSSR count). The maximum Gasteiger partial charge on any atom is 0.287 e. The molecule has 1 aromatic heterocycles. The Labute approximate surface area is 135 Å². The molecule has 2 aromatic rings. The number of unbranched alkanes of at least 4 members (excludes halogenated alkanes) is 1. The Balaban J connectivity index is 1.75. The van der Waals surface area contributed by atoms with E-state index in [1.165, 1.54) is 24.7 Å². The minimum absolute atomic E-state index is 0.0121. The summed E-state index contributed by atoms with van der Waals surface area (Å²) in [4.78, 5) is 11.9. The van der Waals surface area contributed by atoms with Crippen LogP contribution in [0.1, 0.15) is 29.0 Å². The minimum atomic E-state index is -3.67. The molecule has 23 heavy (non-hydrogen) atoms. The summed E-state index contributed by atoms with van der Waals surface area (Å²) < 4.78 is 30.3. The number of aryl methyl sites for hydroxylation is 1. The molecule has 0 unspecified atom stereocenters. The number of hydrogen-bond acceptors (Lipinski definition) is 4. The third kappa shape index (κ3) is 4.94. The molecular formula is C16H20N2O4S. The lowest BCUT2D eigenvalue weighted by molar-refractivity contribution is 0.0920. The predicted molar refractivity (Wildman–Crippen MR) is 86.7 cm³/mol. The number of hydrogen-bond donors (Lipinski definition) is 2. The summed E-state index contributed by atoms with van der Waals surface area (Å²) in [6.45, 7) is 0.514. The van der Waals surface area contributed by atoms with E-state index in [0.29, 0.717) is 6.54 Å². The van der Waals surface area contributed by atoms with Gasteiger partial charge in [-0.15, -0.1) is 0 Å². The maximum atomic E-state index is 11.9. The van der Waals surface area contributed by atoms with Crippen LogP contribution in [0.4, 0.5) is 0 Å². The SMILES string of the molecule is CNS(=O)(=O)c1ccc(C(=O)NCCCCc2ccccc2)o1. The molecule has 1 aromatic carbocycles. The van der Waals surface area contributed by atoms with Crippen LogP contribution in [0.5, 0.6) is 0 Å². The summed E-state index contributed by atoms with van der Waals surface area (Å²) in [5, 5.41) is 2.45. The molecule has 2 N–H and O–H groups in total. The Bertz CT molecular complexity index is 738. The largest absolute Gasteiger partial charge is 0.438 e. The second-order valence-electron chi connectivity index (χ2n) is 5.02. The second-order valence-corrected chi connectivity index (χ2v) is 6.84. The van der Waals surface area contributed by atoms with Crippen LogP contribution in [-0.4, -0.2) is 27.9 Å². The van der Waals surface area contributed by atoms with Crippen LogP contribution in [0.2, 0.25) is 0 Å². The second kappa shape index (κ2) is 7.94. The van der Waals surface area contributed by atoms with Gasteiger partial charge in [0, 0.05) is 6.54 Å². The fraction of sp³-hybridized carbons (Fsp3) is 0.312. The highest BCUT2D eigenvalue weighted by atomic mass is 32.2. The first-order valence-electron chi connectivity index (χ1n) is 7.38. The van der Waals surface area contributed by atoms with Crippen LogP contribution < -0.4 is 10.0 Å². The van der Waals surface area contributed by atoms with Gasteiger partial charge in [-0.3, -0.25) is 4.79 Å². The molecule has 0 aliphatic rings. The van der Waals surface area contributed by atoms with Crippen molar-refractivity contribution in [2.75, 3.05) is 13.6 Å². The van der Waals surface area contributed by atoms with Crippen LogP contribution in [0.15, 0.2) is 52.0 Å². The summed E-state index contributed by atoms with van der Waals surface area (Å²) in [6.07, 6.45) is 2.76. The smallest absolute Gasteiger partial charge is 0.287 e. The van der Waals surface area contributed by atoms with E-state index in [4.69, 9.17) is 4.42 Å². The van der Waals surface area contributed by atoms with Gasteiger partial charge in [0.2, 0.25) is 5.09 Å². The average molecular weight is 336 g/mol. The van der Waals surface area contributed by atoms with Crippen molar-refractivity contribution in [3.63, 3.8) is 0 Å². The molecule has 0 fully saturated rings. The van der Waals surface area contributed by atoms with E-state index < -0.39 is 15.9 Å². The van der Waals surface area contributed by atoms with E-state index >= 15 is 0 Å². The van der Waals surface area contributed by atoms with E-state index in [1.54, 1.807) is 0 Å². The quantitative estimate of drug-likeness (QED) is 0.721. The molecule has 1 amide bonds. The lowest BCUT2D eigenvalue weighted by atomic mass is 10.1. The van der Waals surface area contributed by atoms with E-state index in [9.17, 15) is 13.2 Å². The molecule has 124 valence electrons. The zero-order valence-corrected chi connectivity index (χ0v) is 13.7. The lowest BCUT2D eigenvalue weighted by Crippen LogP contribution is -2.24. The Morgan fingerprint density at radius 2 is 1.83 bits per heavy atom. The number of carbonyl (C=O) groups excluding carboxylic acids is 1. The van der Waals surface area contributed by atoms with Gasteiger partial charge in [0.15, 0.2) is 5.76 Å². The first kappa shape index (κ1) is 17.2. The topological polar surface area (TPSA) is 88.4 Å². The summed E-state index contributed by atoms with van der Waals surface area (Å²) in [7, 11) is -2.39. The monoisotopic (exact) mass is 336 g/mol. The highest BCUT2D eigenvalue weighted by Crippen LogP contribution is 2.13. The average Bonchev–Trinajstić information content (AvgIpc) is 3.06. The Hall–Kier alpha value is -2.12. The molecule has 0 atom stereocenters. The van der Waals surface area contributed by atoms with Gasteiger partial charge in [-0.05, 0) is 44.0 Å². The molecule has 1 heterocycles. The van der Waals surface area contributed by atoms with Crippen LogP contribution in [0.3, 0.4) is 0 Å². The number of sulfonamides is 1. The molecule has 7 heteroatoms. The van der Waals surface area contributed by atoms with Gasteiger partial charge in [-0.25, -0.2) is 13.1 Å². The van der Waals surface area contributed by atoms with Crippen LogP contribution in [0, 0.1) is 0 Å². The first-order valence-corrected chi connectivity index (χ1v) is 8.87. The van der Waals surface area contributed by atoms with Gasteiger partial charge in [0.1, 0.15) is 0 Å². The Morgan fingerprint density at radius 1 is 1.09 bits per heavy atom. The molecule has 0 spiro atoms. The highest BCUT2D eigenvalue weighted by Gasteiger charge is 2.19. The van der Waals surface area contributed by atoms with Crippen molar-refractivity contribution in [1.29, 1.82) is 0 Å². The van der Waals surface area contributed by atoms with E-state index in [1.807, 2.05) is 18.2 Å². The molecule has 6 nitrogen and oxygen atoms in total. The number of nitrogens with one attached hydrogen (secondary N) is 2. The van der Waals surface area contributed by atoms with E-state index in [2.05, 4.69) is 22.2 Å². The van der Waals surface area contributed by atoms with Gasteiger partial charge in [0.25, 0.3) is 15.9 Å². The van der Waals surface area contributed by atoms with Crippen molar-refractivity contribution in [1.82, 2.24) is 10.0 Å². The third-order valence-corrected chi connectivity index (χ3v) is 4.65. The molecule has 0 aliphatic heterocycles. The molecular weight excluding hydrogens is 316 g/mol. The molecule has 0 bridgehead atoms. The normalized spacial score (nSPS) is 11.3. The molecule has 0 radical (unpaired) electrons. The van der Waals surface area contributed by atoms with E-state index in [0.717, 1.165) is 19.3 Å². The number of rotatable bonds is 8. The molecule has 0 saturated heterocycles. The third-order valence-electron chi connectivity index (χ3n) is 3.36. The van der Waals surface area contributed by atoms with Crippen molar-refractivity contribution < 1.29 is 17.6 Å². The van der Waals surface area contributed by atoms with Crippen molar-refractivity contribution in [2.24, 2.45) is 0 Å². The minimum Gasteiger partial charge on any atom is -0.438 e. The van der Waals surface area contributed by atoms with Gasteiger partial charge in [-0.2, -0.15) is 0 Å². The Kier molecular flexibility index (Phi) is 5.95. The lowest BCUT2D eigenvalue weighted by Gasteiger charge is -2.04. The fourth-order valence-electron chi connectivity index (χ4n) is 2.08. The number of benzene rings is 1. The summed E-state index contributed by atoms with van der Waals surface area (Å²) >= 11 is 0. The van der Waals surface area contributed by atoms with Gasteiger partial charge >= 0.3 is 0 Å². The summed E-state index contributed by atoms with van der Waals surface area (Å²) in [5.41, 5.74) is 1.27. The highest BCUT2D eigenvalue weighted by molar-refractivity contribution is 7.89. The van der Waals surface area contributed by atoms with E-state index in [-0.39, 0.29) is 10.9 Å². The number of furan rings is 1. The zero-order chi connectivity index (χ0) is 16.7. The Morgan fingerprint density at radius 3 is 2.52 bits per heavy atom. The van der Waals surface area contributed by atoms with Crippen molar-refractivity contribution >= 4 is 15.9 Å². The van der Waals surface area contributed by atoms with Crippen molar-refractivity contribution in [3.05, 3.63) is 53.8 Å². The van der Waals surface area contributed by atoms with Crippen molar-refractivity contribution in [3.8, 4) is 0 Å². The molecule has 0 saturated carbocycles. The zero-order valence-electron chi connectivity index (χ0n) is 12.9. The summed E-state index contributed by atoms with van der Waals surface area (Å²) in [5.74, 6) is -0.427. The van der Waals surface area contributed by atoms with Crippen LogP contribution in [-0.2, 0) is 16.4 Å².